The Balaban J connectivity index is 1.75. The molecule has 0 saturated heterocycles. The first kappa shape index (κ1) is 23.7. The van der Waals surface area contributed by atoms with Gasteiger partial charge in [0.15, 0.2) is 0 Å². The first-order chi connectivity index (χ1) is 14.2. The summed E-state index contributed by atoms with van der Waals surface area (Å²) < 4.78 is 6.21. The quantitative estimate of drug-likeness (QED) is 0.239. The van der Waals surface area contributed by atoms with Gasteiger partial charge in [0, 0.05) is 0 Å². The lowest BCUT2D eigenvalue weighted by Gasteiger charge is -2.25. The summed E-state index contributed by atoms with van der Waals surface area (Å²) in [5.74, 6) is 1.44. The zero-order chi connectivity index (χ0) is 20.9. The molecule has 0 N–H and O–H groups in total. The fraction of sp³-hybridized carbons (Fsp3) is 0.571. The van der Waals surface area contributed by atoms with Crippen molar-refractivity contribution in [3.8, 4) is 0 Å². The Kier molecular flexibility index (Phi) is 11.1. The Morgan fingerprint density at radius 3 is 2.93 bits per heavy atom. The van der Waals surface area contributed by atoms with Crippen molar-refractivity contribution in [1.29, 1.82) is 0 Å². The summed E-state index contributed by atoms with van der Waals surface area (Å²) in [4.78, 5) is 0. The molecule has 0 spiro atoms. The summed E-state index contributed by atoms with van der Waals surface area (Å²) in [6.07, 6.45) is 29.0. The largest absolute Gasteiger partial charge is 0.374 e. The third-order valence-corrected chi connectivity index (χ3v) is 6.17. The van der Waals surface area contributed by atoms with Gasteiger partial charge in [0.05, 0.1) is 12.7 Å². The Bertz CT molecular complexity index is 643. The van der Waals surface area contributed by atoms with Crippen LogP contribution in [0.3, 0.4) is 0 Å². The molecule has 2 rings (SSSR count). The fourth-order valence-corrected chi connectivity index (χ4v) is 4.41. The molecule has 3 unspecified atom stereocenters. The molecule has 1 heteroatoms. The molecule has 0 heterocycles. The first-order valence-corrected chi connectivity index (χ1v) is 11.8. The average molecular weight is 395 g/mol. The third-order valence-electron chi connectivity index (χ3n) is 6.17. The van der Waals surface area contributed by atoms with Gasteiger partial charge in [-0.15, -0.1) is 0 Å². The van der Waals surface area contributed by atoms with Gasteiger partial charge in [-0.3, -0.25) is 0 Å². The Labute approximate surface area is 180 Å². The van der Waals surface area contributed by atoms with Crippen LogP contribution in [0.25, 0.3) is 0 Å². The van der Waals surface area contributed by atoms with Crippen molar-refractivity contribution in [3.63, 3.8) is 0 Å². The van der Waals surface area contributed by atoms with Crippen molar-refractivity contribution < 1.29 is 4.74 Å². The molecule has 0 bridgehead atoms. The number of unbranched alkanes of at least 4 members (excludes halogenated alkanes) is 1. The lowest BCUT2D eigenvalue weighted by Crippen LogP contribution is -2.14. The molecule has 2 aliphatic carbocycles. The molecule has 29 heavy (non-hydrogen) atoms. The maximum absolute atomic E-state index is 6.21. The van der Waals surface area contributed by atoms with Gasteiger partial charge in [-0.25, -0.2) is 0 Å². The van der Waals surface area contributed by atoms with Crippen LogP contribution in [-0.2, 0) is 4.74 Å². The van der Waals surface area contributed by atoms with Crippen molar-refractivity contribution in [2.24, 2.45) is 11.8 Å². The van der Waals surface area contributed by atoms with Gasteiger partial charge in [-0.05, 0) is 88.2 Å². The normalized spacial score (nSPS) is 24.9. The summed E-state index contributed by atoms with van der Waals surface area (Å²) in [7, 11) is 0. The highest BCUT2D eigenvalue weighted by Crippen LogP contribution is 2.43. The number of ether oxygens (including phenoxy) is 1. The molecule has 1 saturated carbocycles. The number of allylic oxidation sites excluding steroid dienone is 9. The minimum absolute atomic E-state index is 0.238. The van der Waals surface area contributed by atoms with E-state index in [1.54, 1.807) is 0 Å². The van der Waals surface area contributed by atoms with Crippen LogP contribution in [0.15, 0.2) is 71.9 Å². The highest BCUT2D eigenvalue weighted by atomic mass is 16.5. The standard InChI is InChI=1S/C28H42O/c1-5-7-13-23(3)14-9-10-18-27(17-8-6-2)29-22-12-16-25-20-21-26-15-11-19-28(26)24(25)4/h5,7-8,14,16-17,20-21,26-28H,4,6,9-13,15,18-19,22H2,1-3H3/b7-5+,17-8+,23-14-,25-16+. The smallest absolute Gasteiger partial charge is 0.0756 e. The summed E-state index contributed by atoms with van der Waals surface area (Å²) in [6.45, 7) is 11.7. The van der Waals surface area contributed by atoms with Crippen molar-refractivity contribution in [2.45, 2.75) is 84.7 Å². The third kappa shape index (κ3) is 8.34. The number of hydrogen-bond donors (Lipinski definition) is 0. The molecule has 0 aliphatic heterocycles. The molecule has 0 radical (unpaired) electrons. The van der Waals surface area contributed by atoms with Gasteiger partial charge in [0.1, 0.15) is 0 Å². The molecular formula is C28H42O. The van der Waals surface area contributed by atoms with Crippen LogP contribution in [0.2, 0.25) is 0 Å². The molecule has 1 nitrogen and oxygen atoms in total. The Morgan fingerprint density at radius 1 is 1.28 bits per heavy atom. The molecule has 0 aromatic rings. The van der Waals surface area contributed by atoms with Crippen LogP contribution in [0.5, 0.6) is 0 Å². The maximum atomic E-state index is 6.21. The molecule has 160 valence electrons. The van der Waals surface area contributed by atoms with Crippen LogP contribution in [0.4, 0.5) is 0 Å². The van der Waals surface area contributed by atoms with E-state index in [-0.39, 0.29) is 6.10 Å². The number of rotatable bonds is 12. The topological polar surface area (TPSA) is 9.23 Å². The minimum atomic E-state index is 0.238. The van der Waals surface area contributed by atoms with Crippen molar-refractivity contribution in [1.82, 2.24) is 0 Å². The maximum Gasteiger partial charge on any atom is 0.0756 e. The minimum Gasteiger partial charge on any atom is -0.374 e. The molecule has 1 fully saturated rings. The summed E-state index contributed by atoms with van der Waals surface area (Å²) in [5, 5.41) is 0. The summed E-state index contributed by atoms with van der Waals surface area (Å²) >= 11 is 0. The molecule has 2 aliphatic rings. The highest BCUT2D eigenvalue weighted by molar-refractivity contribution is 5.44. The van der Waals surface area contributed by atoms with Gasteiger partial charge in [0.2, 0.25) is 0 Å². The molecule has 0 amide bonds. The monoisotopic (exact) mass is 394 g/mol. The first-order valence-electron chi connectivity index (χ1n) is 11.8. The zero-order valence-electron chi connectivity index (χ0n) is 19.0. The van der Waals surface area contributed by atoms with E-state index in [4.69, 9.17) is 4.74 Å². The van der Waals surface area contributed by atoms with Gasteiger partial charge in [0.25, 0.3) is 0 Å². The van der Waals surface area contributed by atoms with Gasteiger partial charge in [-0.2, -0.15) is 0 Å². The number of hydrogen-bond acceptors (Lipinski definition) is 1. The lowest BCUT2D eigenvalue weighted by molar-refractivity contribution is 0.0816. The van der Waals surface area contributed by atoms with Crippen LogP contribution >= 0.6 is 0 Å². The van der Waals surface area contributed by atoms with E-state index >= 15 is 0 Å². The zero-order valence-corrected chi connectivity index (χ0v) is 19.0. The van der Waals surface area contributed by atoms with E-state index in [1.807, 2.05) is 0 Å². The van der Waals surface area contributed by atoms with Crippen LogP contribution in [0, 0.1) is 11.8 Å². The number of fused-ring (bicyclic) bond motifs is 1. The van der Waals surface area contributed by atoms with Crippen LogP contribution < -0.4 is 0 Å². The predicted molar refractivity (Wildman–Crippen MR) is 128 cm³/mol. The molecule has 0 aromatic carbocycles. The summed E-state index contributed by atoms with van der Waals surface area (Å²) in [5.41, 5.74) is 4.17. The molecule has 3 atom stereocenters. The van der Waals surface area contributed by atoms with Crippen LogP contribution in [0.1, 0.15) is 78.6 Å². The summed E-state index contributed by atoms with van der Waals surface area (Å²) in [6, 6.07) is 0. The van der Waals surface area contributed by atoms with E-state index in [2.05, 4.69) is 76.0 Å². The van der Waals surface area contributed by atoms with Gasteiger partial charge < -0.3 is 4.74 Å². The SMILES string of the molecule is C=C1/C(=C/CCOC(/C=C/CC)CCC/C=C(/C)C/C=C/C)C=CC2CCCC12. The van der Waals surface area contributed by atoms with Crippen LogP contribution in [-0.4, -0.2) is 12.7 Å². The Hall–Kier alpha value is -1.60. The second-order valence-corrected chi connectivity index (χ2v) is 8.53. The average Bonchev–Trinajstić information content (AvgIpc) is 3.21. The lowest BCUT2D eigenvalue weighted by atomic mass is 9.80. The Morgan fingerprint density at radius 2 is 2.14 bits per heavy atom. The molecule has 0 aromatic heterocycles. The van der Waals surface area contributed by atoms with E-state index in [0.29, 0.717) is 5.92 Å². The molecular weight excluding hydrogens is 352 g/mol. The fourth-order valence-electron chi connectivity index (χ4n) is 4.41. The highest BCUT2D eigenvalue weighted by Gasteiger charge is 2.30. The van der Waals surface area contributed by atoms with Crippen molar-refractivity contribution in [2.75, 3.05) is 6.61 Å². The van der Waals surface area contributed by atoms with Crippen molar-refractivity contribution >= 4 is 0 Å². The van der Waals surface area contributed by atoms with E-state index in [1.165, 1.54) is 42.4 Å². The van der Waals surface area contributed by atoms with E-state index in [9.17, 15) is 0 Å². The van der Waals surface area contributed by atoms with Gasteiger partial charge in [-0.1, -0.05) is 74.1 Å². The van der Waals surface area contributed by atoms with Crippen molar-refractivity contribution in [3.05, 3.63) is 71.9 Å². The van der Waals surface area contributed by atoms with Gasteiger partial charge >= 0.3 is 0 Å². The van der Waals surface area contributed by atoms with E-state index in [0.717, 1.165) is 44.6 Å². The predicted octanol–water partition coefficient (Wildman–Crippen LogP) is 8.28. The second-order valence-electron chi connectivity index (χ2n) is 8.53. The second kappa shape index (κ2) is 13.6. The van der Waals surface area contributed by atoms with E-state index < -0.39 is 0 Å².